The molecule has 0 aromatic heterocycles. The smallest absolute Gasteiger partial charge is 0.156 e. The van der Waals surface area contributed by atoms with Crippen LogP contribution < -0.4 is 50.1 Å². The molecule has 12 atom stereocenters. The topological polar surface area (TPSA) is 36.9 Å². The van der Waals surface area contributed by atoms with Crippen molar-refractivity contribution in [2.75, 3.05) is 0 Å². The molecule has 4 fully saturated rings. The van der Waals surface area contributed by atoms with Crippen LogP contribution in [0.3, 0.4) is 0 Å². The molecule has 8 aliphatic rings. The van der Waals surface area contributed by atoms with E-state index in [2.05, 4.69) is 518 Å². The number of para-hydroxylation sites is 2. The maximum atomic E-state index is 7.16. The van der Waals surface area contributed by atoms with E-state index in [1.165, 1.54) is 172 Å². The molecule has 20 rings (SSSR count). The number of aryl methyl sites for hydroxylation is 2. The van der Waals surface area contributed by atoms with Gasteiger partial charge in [-0.25, -0.2) is 0 Å². The Balaban J connectivity index is 0.000000135. The van der Waals surface area contributed by atoms with E-state index in [1.54, 1.807) is 27.4 Å². The Morgan fingerprint density at radius 2 is 0.605 bits per heavy atom. The van der Waals surface area contributed by atoms with E-state index < -0.39 is 32.3 Å². The van der Waals surface area contributed by atoms with Gasteiger partial charge in [-0.15, -0.1) is 0 Å². The second-order valence-electron chi connectivity index (χ2n) is 54.3. The van der Waals surface area contributed by atoms with Gasteiger partial charge in [0.25, 0.3) is 0 Å². The van der Waals surface area contributed by atoms with Crippen molar-refractivity contribution in [1.82, 2.24) is 0 Å². The van der Waals surface area contributed by atoms with Crippen LogP contribution in [0.2, 0.25) is 60.4 Å². The van der Waals surface area contributed by atoms with Gasteiger partial charge in [-0.05, 0) is 359 Å². The van der Waals surface area contributed by atoms with Crippen molar-refractivity contribution < 1.29 is 18.9 Å². The molecule has 8 aliphatic carbocycles. The second kappa shape index (κ2) is 41.4. The zero-order valence-corrected chi connectivity index (χ0v) is 100. The highest BCUT2D eigenvalue weighted by atomic mass is 28.3. The number of benzene rings is 12. The second-order valence-corrected chi connectivity index (χ2v) is 72.8. The SMILES string of the molecule is CC(C)(C)Oc1c(C(C)(C)C)cccc1[Si](c1ccccc1)(c1ccccc1)C1CC2c3ccccc3-c3ccccc3C2C1.CC[Si](CC)(c1cccc(C(C)(C)C)c1OC(C)(C)C)C1CC2c3ccccc3-c3ccccc3C2C1.Cc1cc(C(C)(C)C)c(OC(C)(C)C)c([Si](C)(C)C2C(C)CC3c4ccccc4C=CC32)c1.Cc1cc(C(C)C)c(OC(C)(C)C)c([Si](C)(C)C2C(C)CC3c4ccccc4C=CC32)c1. The molecule has 0 heterocycles. The van der Waals surface area contributed by atoms with E-state index in [1.807, 2.05) is 0 Å². The molecule has 0 aliphatic heterocycles. The van der Waals surface area contributed by atoms with Crippen LogP contribution in [0.25, 0.3) is 34.4 Å². The standard InChI is InChI=1S/C43H46OSi.C35H46OSi.C31H44OSi.C30H42OSi/c1-42(2,3)39-26-17-27-40(41(39)44-43(4,5)6)45(30-18-9-7-10-19-30,31-20-11-8-12-21-31)32-28-37-35-24-15-13-22-33(35)34-23-14-16-25-36(34)38(37)29-32;1-9-37(10-2,32-21-15-20-31(34(3,4)5)33(32)36-35(6,7)8)24-22-29-27-18-13-11-16-25(27)26-17-12-14-19-28(26)30(29)23-24;1-20-17-26(30(3,4)5)28(32-31(6,7)8)27(18-20)33(9,10)29-21(2)19-25-23-14-12-11-13-22(23)15-16-24(25)29;1-19(2)25-16-20(3)17-27(28(25)31-30(5,6)7)32(8,9)29-21(4)18-26-23-13-11-10-12-22(23)14-15-24(26)29/h7-27,32,37-38H,28-29H2,1-6H3;11-21,24,29-30H,9-10,22-23H2,1-8H3;11-18,21,24-25,29H,19H2,1-10H3;10-17,19,21,24,26,29H,18H2,1-9H3. The minimum atomic E-state index is -2.70. The van der Waals surface area contributed by atoms with Crippen molar-refractivity contribution >= 4 is 75.6 Å². The van der Waals surface area contributed by atoms with E-state index >= 15 is 0 Å². The number of hydrogen-bond acceptors (Lipinski definition) is 4. The fourth-order valence-corrected chi connectivity index (χ4v) is 50.1. The van der Waals surface area contributed by atoms with E-state index in [4.69, 9.17) is 18.9 Å². The summed E-state index contributed by atoms with van der Waals surface area (Å²) in [7, 11) is -8.37. The molecule has 0 bridgehead atoms. The molecule has 0 saturated heterocycles. The average Bonchev–Trinajstić information content (AvgIpc) is 1.64. The molecule has 147 heavy (non-hydrogen) atoms. The lowest BCUT2D eigenvalue weighted by atomic mass is 9.73. The van der Waals surface area contributed by atoms with Gasteiger partial charge in [0, 0.05) is 0 Å². The fourth-order valence-electron chi connectivity index (χ4n) is 29.7. The van der Waals surface area contributed by atoms with Gasteiger partial charge in [-0.2, -0.15) is 0 Å². The van der Waals surface area contributed by atoms with Gasteiger partial charge >= 0.3 is 0 Å². The molecule has 4 saturated carbocycles. The first kappa shape index (κ1) is 108. The first-order valence-corrected chi connectivity index (χ1v) is 67.3. The van der Waals surface area contributed by atoms with Crippen LogP contribution in [0.4, 0.5) is 0 Å². The van der Waals surface area contributed by atoms with Gasteiger partial charge < -0.3 is 18.9 Å². The van der Waals surface area contributed by atoms with Crippen molar-refractivity contribution in [3.05, 3.63) is 357 Å². The van der Waals surface area contributed by atoms with Crippen molar-refractivity contribution in [1.29, 1.82) is 0 Å². The highest BCUT2D eigenvalue weighted by Crippen LogP contribution is 2.65. The maximum absolute atomic E-state index is 7.16. The molecule has 0 spiro atoms. The summed E-state index contributed by atoms with van der Waals surface area (Å²) in [5.74, 6) is 11.3. The minimum absolute atomic E-state index is 0.0410. The molecule has 12 aromatic carbocycles. The fraction of sp³-hybridized carbons (Fsp3) is 0.453. The van der Waals surface area contributed by atoms with Gasteiger partial charge in [0.2, 0.25) is 0 Å². The summed E-state index contributed by atoms with van der Waals surface area (Å²) in [6.07, 6.45) is 17.4. The van der Waals surface area contributed by atoms with Crippen molar-refractivity contribution in [2.45, 2.75) is 380 Å². The number of hydrogen-bond donors (Lipinski definition) is 0. The highest BCUT2D eigenvalue weighted by molar-refractivity contribution is 7.13. The predicted octanol–water partition coefficient (Wildman–Crippen LogP) is 35.2. The van der Waals surface area contributed by atoms with Crippen LogP contribution >= 0.6 is 0 Å². The van der Waals surface area contributed by atoms with E-state index in [0.29, 0.717) is 81.7 Å². The molecule has 0 amide bonds. The predicted molar refractivity (Wildman–Crippen MR) is 644 cm³/mol. The first-order chi connectivity index (χ1) is 69.2. The Kier molecular flexibility index (Phi) is 30.5. The largest absolute Gasteiger partial charge is 0.488 e. The van der Waals surface area contributed by atoms with Crippen LogP contribution in [-0.2, 0) is 16.2 Å². The number of ether oxygens (including phenoxy) is 4. The van der Waals surface area contributed by atoms with E-state index in [0.717, 1.165) is 11.3 Å². The average molecular weight is 2030 g/mol. The third-order valence-corrected chi connectivity index (χ3v) is 55.7. The van der Waals surface area contributed by atoms with Crippen LogP contribution in [0, 0.1) is 37.5 Å². The summed E-state index contributed by atoms with van der Waals surface area (Å²) >= 11 is 0. The Labute approximate surface area is 893 Å². The third kappa shape index (κ3) is 21.4. The molecule has 12 aromatic rings. The Morgan fingerprint density at radius 3 is 0.959 bits per heavy atom. The summed E-state index contributed by atoms with van der Waals surface area (Å²) < 4.78 is 27.7. The van der Waals surface area contributed by atoms with Crippen LogP contribution in [0.5, 0.6) is 23.0 Å². The van der Waals surface area contributed by atoms with Gasteiger partial charge in [0.1, 0.15) is 45.4 Å². The van der Waals surface area contributed by atoms with Crippen molar-refractivity contribution in [2.24, 2.45) is 23.7 Å². The van der Waals surface area contributed by atoms with Crippen LogP contribution in [-0.4, -0.2) is 54.7 Å². The highest BCUT2D eigenvalue weighted by Gasteiger charge is 2.59. The minimum Gasteiger partial charge on any atom is -0.488 e. The summed E-state index contributed by atoms with van der Waals surface area (Å²) in [6, 6.07) is 104. The van der Waals surface area contributed by atoms with Gasteiger partial charge in [0.05, 0.1) is 24.2 Å². The number of fused-ring (bicyclic) bond motifs is 18. The Morgan fingerprint density at radius 1 is 0.299 bits per heavy atom. The molecule has 12 unspecified atom stereocenters. The molecule has 8 heteroatoms. The van der Waals surface area contributed by atoms with Gasteiger partial charge in [-0.3, -0.25) is 0 Å². The molecule has 0 N–H and O–H groups in total. The Hall–Kier alpha value is -9.81. The summed E-state index contributed by atoms with van der Waals surface area (Å²) in [4.78, 5) is 0. The van der Waals surface area contributed by atoms with Crippen molar-refractivity contribution in [3.63, 3.8) is 0 Å². The van der Waals surface area contributed by atoms with Crippen LogP contribution in [0.1, 0.15) is 345 Å². The van der Waals surface area contributed by atoms with E-state index in [-0.39, 0.29) is 38.6 Å². The number of rotatable bonds is 17. The van der Waals surface area contributed by atoms with E-state index in [9.17, 15) is 0 Å². The Bertz CT molecular complexity index is 6620. The maximum Gasteiger partial charge on any atom is 0.156 e. The normalized spacial score (nSPS) is 22.4. The summed E-state index contributed by atoms with van der Waals surface area (Å²) in [5.41, 5.74) is 27.8. The van der Waals surface area contributed by atoms with Gasteiger partial charge in [0.15, 0.2) is 8.07 Å². The van der Waals surface area contributed by atoms with Crippen LogP contribution in [0.15, 0.2) is 279 Å². The summed E-state index contributed by atoms with van der Waals surface area (Å²) in [6.45, 7) is 76.8. The molecule has 0 radical (unpaired) electrons. The number of allylic oxidation sites excluding steroid dienone is 2. The monoisotopic (exact) mass is 2020 g/mol. The zero-order chi connectivity index (χ0) is 106. The lowest BCUT2D eigenvalue weighted by molar-refractivity contribution is 0.128. The molecular formula is C139H178O4Si4. The lowest BCUT2D eigenvalue weighted by Gasteiger charge is -2.42. The summed E-state index contributed by atoms with van der Waals surface area (Å²) in [5, 5.41) is 9.00. The first-order valence-electron chi connectivity index (χ1n) is 56.5. The zero-order valence-electron chi connectivity index (χ0n) is 96.2. The molecule has 4 nitrogen and oxygen atoms in total. The quantitative estimate of drug-likeness (QED) is 0.0673. The van der Waals surface area contributed by atoms with Crippen molar-refractivity contribution in [3.8, 4) is 45.3 Å². The third-order valence-electron chi connectivity index (χ3n) is 35.5. The lowest BCUT2D eigenvalue weighted by Crippen LogP contribution is -2.70. The molecule has 774 valence electrons. The van der Waals surface area contributed by atoms with Gasteiger partial charge in [-0.1, -0.05) is 444 Å². The molecular weight excluding hydrogens is 1850 g/mol.